The lowest BCUT2D eigenvalue weighted by Gasteiger charge is -2.35. The van der Waals surface area contributed by atoms with E-state index < -0.39 is 0 Å². The fourth-order valence-corrected chi connectivity index (χ4v) is 4.50. The van der Waals surface area contributed by atoms with Crippen molar-refractivity contribution >= 4 is 46.9 Å². The number of fused-ring (bicyclic) bond motifs is 1. The van der Waals surface area contributed by atoms with Gasteiger partial charge in [0, 0.05) is 36.4 Å². The number of hydrogen-bond donors (Lipinski definition) is 1. The molecular weight excluding hydrogens is 387 g/mol. The molecule has 0 unspecified atom stereocenters. The van der Waals surface area contributed by atoms with Gasteiger partial charge in [0.2, 0.25) is 0 Å². The van der Waals surface area contributed by atoms with Crippen LogP contribution in [0.15, 0.2) is 53.9 Å². The summed E-state index contributed by atoms with van der Waals surface area (Å²) in [5, 5.41) is 8.12. The minimum Gasteiger partial charge on any atom is -0.496 e. The maximum absolute atomic E-state index is 5.58. The number of methoxy groups -OCH3 is 1. The molecule has 26 heavy (non-hydrogen) atoms. The number of hydrogen-bond acceptors (Lipinski definition) is 4. The largest absolute Gasteiger partial charge is 0.496 e. The Balaban J connectivity index is 0.00000121. The summed E-state index contributed by atoms with van der Waals surface area (Å²) < 4.78 is 5.58. The molecule has 0 bridgehead atoms. The zero-order valence-electron chi connectivity index (χ0n) is 14.7. The van der Waals surface area contributed by atoms with Gasteiger partial charge in [-0.25, -0.2) is 0 Å². The number of ether oxygens (including phenoxy) is 1. The Kier molecular flexibility index (Phi) is 7.74. The van der Waals surface area contributed by atoms with E-state index in [0.29, 0.717) is 6.04 Å². The molecule has 3 aromatic rings. The third-order valence-electron chi connectivity index (χ3n) is 4.76. The van der Waals surface area contributed by atoms with Crippen LogP contribution in [0.5, 0.6) is 5.75 Å². The van der Waals surface area contributed by atoms with Gasteiger partial charge in [-0.2, -0.15) is 0 Å². The minimum absolute atomic E-state index is 0. The van der Waals surface area contributed by atoms with Crippen molar-refractivity contribution < 1.29 is 4.74 Å². The van der Waals surface area contributed by atoms with Crippen molar-refractivity contribution in [3.05, 3.63) is 64.4 Å². The van der Waals surface area contributed by atoms with Crippen molar-refractivity contribution in [2.24, 2.45) is 0 Å². The second kappa shape index (κ2) is 9.58. The molecule has 140 valence electrons. The highest BCUT2D eigenvalue weighted by Crippen LogP contribution is 2.38. The SMILES string of the molecule is COc1ccc([C@@H](c2cccs2)N2CCNCC2)c2ccccc12.Cl.Cl. The molecule has 6 heteroatoms. The number of rotatable bonds is 4. The van der Waals surface area contributed by atoms with Crippen LogP contribution in [0.25, 0.3) is 10.8 Å². The van der Waals surface area contributed by atoms with E-state index in [1.807, 2.05) is 11.3 Å². The first-order valence-electron chi connectivity index (χ1n) is 8.42. The fourth-order valence-electron chi connectivity index (χ4n) is 3.63. The monoisotopic (exact) mass is 410 g/mol. The molecule has 0 radical (unpaired) electrons. The van der Waals surface area contributed by atoms with Crippen molar-refractivity contribution in [2.45, 2.75) is 6.04 Å². The zero-order valence-corrected chi connectivity index (χ0v) is 17.1. The Morgan fingerprint density at radius 3 is 2.35 bits per heavy atom. The minimum atomic E-state index is 0. The molecule has 1 aliphatic heterocycles. The third-order valence-corrected chi connectivity index (χ3v) is 5.69. The Labute approximate surface area is 171 Å². The highest BCUT2D eigenvalue weighted by Gasteiger charge is 2.26. The van der Waals surface area contributed by atoms with Gasteiger partial charge in [0.15, 0.2) is 0 Å². The number of halogens is 2. The molecule has 3 nitrogen and oxygen atoms in total. The van der Waals surface area contributed by atoms with E-state index in [9.17, 15) is 0 Å². The lowest BCUT2D eigenvalue weighted by Crippen LogP contribution is -2.45. The summed E-state index contributed by atoms with van der Waals surface area (Å²) in [6.45, 7) is 4.25. The van der Waals surface area contributed by atoms with E-state index in [4.69, 9.17) is 4.74 Å². The van der Waals surface area contributed by atoms with Gasteiger partial charge in [-0.3, -0.25) is 4.90 Å². The van der Waals surface area contributed by atoms with Crippen LogP contribution < -0.4 is 10.1 Å². The van der Waals surface area contributed by atoms with E-state index >= 15 is 0 Å². The maximum atomic E-state index is 5.58. The van der Waals surface area contributed by atoms with Gasteiger partial charge >= 0.3 is 0 Å². The normalized spacial score (nSPS) is 15.7. The molecule has 1 aromatic heterocycles. The molecule has 1 saturated heterocycles. The topological polar surface area (TPSA) is 24.5 Å². The first-order chi connectivity index (χ1) is 11.9. The van der Waals surface area contributed by atoms with E-state index in [2.05, 4.69) is 64.1 Å². The molecule has 2 aromatic carbocycles. The Morgan fingerprint density at radius 2 is 1.69 bits per heavy atom. The Morgan fingerprint density at radius 1 is 0.962 bits per heavy atom. The molecule has 1 N–H and O–H groups in total. The molecule has 4 rings (SSSR count). The van der Waals surface area contributed by atoms with Gasteiger partial charge in [0.1, 0.15) is 5.75 Å². The fraction of sp³-hybridized carbons (Fsp3) is 0.300. The summed E-state index contributed by atoms with van der Waals surface area (Å²) >= 11 is 1.84. The predicted octanol–water partition coefficient (Wildman–Crippen LogP) is 4.75. The van der Waals surface area contributed by atoms with Gasteiger partial charge in [0.05, 0.1) is 13.2 Å². The lowest BCUT2D eigenvalue weighted by atomic mass is 9.95. The maximum Gasteiger partial charge on any atom is 0.126 e. The highest BCUT2D eigenvalue weighted by atomic mass is 35.5. The molecule has 1 fully saturated rings. The molecule has 0 saturated carbocycles. The van der Waals surface area contributed by atoms with Crippen LogP contribution in [0.3, 0.4) is 0 Å². The van der Waals surface area contributed by atoms with Crippen LogP contribution in [-0.4, -0.2) is 38.2 Å². The number of nitrogens with one attached hydrogen (secondary N) is 1. The van der Waals surface area contributed by atoms with Crippen LogP contribution >= 0.6 is 36.2 Å². The second-order valence-corrected chi connectivity index (χ2v) is 7.09. The van der Waals surface area contributed by atoms with E-state index in [-0.39, 0.29) is 24.8 Å². The lowest BCUT2D eigenvalue weighted by molar-refractivity contribution is 0.201. The van der Waals surface area contributed by atoms with Crippen molar-refractivity contribution in [3.63, 3.8) is 0 Å². The average molecular weight is 411 g/mol. The van der Waals surface area contributed by atoms with Crippen molar-refractivity contribution in [2.75, 3.05) is 33.3 Å². The zero-order chi connectivity index (χ0) is 16.4. The Bertz CT molecular complexity index is 820. The van der Waals surface area contributed by atoms with Crippen molar-refractivity contribution in [1.29, 1.82) is 0 Å². The summed E-state index contributed by atoms with van der Waals surface area (Å²) in [5.74, 6) is 0.944. The average Bonchev–Trinajstić information content (AvgIpc) is 3.17. The standard InChI is InChI=1S/C20H22N2OS.2ClH/c1-23-18-9-8-17(15-5-2-3-6-16(15)18)20(19-7-4-14-24-19)22-12-10-21-11-13-22;;/h2-9,14,20-21H,10-13H2,1H3;2*1H/t20-;;/m0../s1. The molecule has 0 aliphatic carbocycles. The Hall–Kier alpha value is -1.30. The first-order valence-corrected chi connectivity index (χ1v) is 9.30. The summed E-state index contributed by atoms with van der Waals surface area (Å²) in [5.41, 5.74) is 1.37. The molecule has 2 heterocycles. The second-order valence-electron chi connectivity index (χ2n) is 6.11. The molecule has 0 spiro atoms. The van der Waals surface area contributed by atoms with Gasteiger partial charge in [-0.1, -0.05) is 36.4 Å². The third kappa shape index (κ3) is 4.00. The van der Waals surface area contributed by atoms with Crippen molar-refractivity contribution in [3.8, 4) is 5.75 Å². The van der Waals surface area contributed by atoms with Gasteiger partial charge in [-0.15, -0.1) is 36.2 Å². The number of thiophene rings is 1. The molecular formula is C20H24Cl2N2OS. The molecule has 1 atom stereocenters. The summed E-state index contributed by atoms with van der Waals surface area (Å²) in [7, 11) is 1.74. The number of nitrogens with zero attached hydrogens (tertiary/aromatic N) is 1. The van der Waals surface area contributed by atoms with Crippen molar-refractivity contribution in [1.82, 2.24) is 10.2 Å². The van der Waals surface area contributed by atoms with Crippen LogP contribution in [-0.2, 0) is 0 Å². The molecule has 0 amide bonds. The van der Waals surface area contributed by atoms with E-state index in [0.717, 1.165) is 31.9 Å². The van der Waals surface area contributed by atoms with Gasteiger partial charge in [0.25, 0.3) is 0 Å². The molecule has 1 aliphatic rings. The van der Waals surface area contributed by atoms with Crippen LogP contribution in [0, 0.1) is 0 Å². The van der Waals surface area contributed by atoms with E-state index in [1.165, 1.54) is 21.2 Å². The summed E-state index contributed by atoms with van der Waals surface area (Å²) in [6.07, 6.45) is 0. The predicted molar refractivity (Wildman–Crippen MR) is 116 cm³/mol. The quantitative estimate of drug-likeness (QED) is 0.671. The first kappa shape index (κ1) is 21.0. The number of benzene rings is 2. The van der Waals surface area contributed by atoms with Gasteiger partial charge in [-0.05, 0) is 28.5 Å². The van der Waals surface area contributed by atoms with Crippen LogP contribution in [0.4, 0.5) is 0 Å². The summed E-state index contributed by atoms with van der Waals surface area (Å²) in [6, 6.07) is 17.7. The van der Waals surface area contributed by atoms with Gasteiger partial charge < -0.3 is 10.1 Å². The number of piperazine rings is 1. The summed E-state index contributed by atoms with van der Waals surface area (Å²) in [4.78, 5) is 4.00. The highest BCUT2D eigenvalue weighted by molar-refractivity contribution is 7.10. The van der Waals surface area contributed by atoms with Crippen LogP contribution in [0.1, 0.15) is 16.5 Å². The van der Waals surface area contributed by atoms with E-state index in [1.54, 1.807) is 7.11 Å². The van der Waals surface area contributed by atoms with Crippen LogP contribution in [0.2, 0.25) is 0 Å². The smallest absolute Gasteiger partial charge is 0.126 e.